The highest BCUT2D eigenvalue weighted by molar-refractivity contribution is 5.17. The SMILES string of the molecule is Cn1ncnc1C(NN)c1cn[nH]c1. The second kappa shape index (κ2) is 3.56. The number of nitrogens with zero attached hydrogens (tertiary/aromatic N) is 4. The van der Waals surface area contributed by atoms with Crippen LogP contribution in [0.15, 0.2) is 18.7 Å². The molecule has 7 heteroatoms. The van der Waals surface area contributed by atoms with E-state index >= 15 is 0 Å². The van der Waals surface area contributed by atoms with Gasteiger partial charge in [0.05, 0.1) is 6.20 Å². The van der Waals surface area contributed by atoms with Gasteiger partial charge in [-0.05, 0) is 0 Å². The summed E-state index contributed by atoms with van der Waals surface area (Å²) in [5, 5.41) is 10.6. The van der Waals surface area contributed by atoms with Crippen molar-refractivity contribution in [2.24, 2.45) is 12.9 Å². The van der Waals surface area contributed by atoms with Crippen molar-refractivity contribution in [3.05, 3.63) is 30.1 Å². The van der Waals surface area contributed by atoms with Gasteiger partial charge in [-0.15, -0.1) is 0 Å². The van der Waals surface area contributed by atoms with Gasteiger partial charge in [-0.25, -0.2) is 10.4 Å². The second-order valence-electron chi connectivity index (χ2n) is 2.87. The van der Waals surface area contributed by atoms with Crippen LogP contribution in [-0.4, -0.2) is 25.0 Å². The van der Waals surface area contributed by atoms with Crippen LogP contribution in [-0.2, 0) is 7.05 Å². The van der Waals surface area contributed by atoms with Crippen molar-refractivity contribution in [1.29, 1.82) is 0 Å². The molecule has 0 saturated carbocycles. The number of nitrogens with one attached hydrogen (secondary N) is 2. The van der Waals surface area contributed by atoms with Crippen LogP contribution in [0.25, 0.3) is 0 Å². The summed E-state index contributed by atoms with van der Waals surface area (Å²) in [6, 6.07) is -0.193. The number of rotatable bonds is 3. The predicted octanol–water partition coefficient (Wildman–Crippen LogP) is -0.909. The molecule has 74 valence electrons. The Labute approximate surface area is 80.3 Å². The lowest BCUT2D eigenvalue weighted by Crippen LogP contribution is -2.30. The molecule has 0 amide bonds. The fourth-order valence-electron chi connectivity index (χ4n) is 1.31. The number of aromatic nitrogens is 5. The van der Waals surface area contributed by atoms with Crippen molar-refractivity contribution in [1.82, 2.24) is 30.4 Å². The van der Waals surface area contributed by atoms with Gasteiger partial charge in [0.1, 0.15) is 18.2 Å². The Kier molecular flexibility index (Phi) is 2.25. The highest BCUT2D eigenvalue weighted by atomic mass is 15.4. The van der Waals surface area contributed by atoms with Gasteiger partial charge in [0.15, 0.2) is 0 Å². The van der Waals surface area contributed by atoms with Crippen LogP contribution in [0.5, 0.6) is 0 Å². The molecule has 7 nitrogen and oxygen atoms in total. The van der Waals surface area contributed by atoms with Gasteiger partial charge in [-0.3, -0.25) is 15.6 Å². The zero-order valence-electron chi connectivity index (χ0n) is 7.68. The van der Waals surface area contributed by atoms with E-state index in [1.165, 1.54) is 6.33 Å². The first-order valence-electron chi connectivity index (χ1n) is 4.11. The third kappa shape index (κ3) is 1.38. The monoisotopic (exact) mass is 193 g/mol. The van der Waals surface area contributed by atoms with Gasteiger partial charge in [0.2, 0.25) is 0 Å². The molecule has 2 heterocycles. The molecular weight excluding hydrogens is 182 g/mol. The van der Waals surface area contributed by atoms with Crippen molar-refractivity contribution in [3.63, 3.8) is 0 Å². The Hall–Kier alpha value is -1.73. The number of hydrogen-bond donors (Lipinski definition) is 3. The first-order valence-corrected chi connectivity index (χ1v) is 4.11. The molecule has 0 aliphatic heterocycles. The average Bonchev–Trinajstić information content (AvgIpc) is 2.80. The summed E-state index contributed by atoms with van der Waals surface area (Å²) in [5.41, 5.74) is 3.58. The molecule has 2 aromatic heterocycles. The van der Waals surface area contributed by atoms with Crippen LogP contribution < -0.4 is 11.3 Å². The predicted molar refractivity (Wildman–Crippen MR) is 48.8 cm³/mol. The van der Waals surface area contributed by atoms with Crippen LogP contribution in [0.3, 0.4) is 0 Å². The molecule has 0 aromatic carbocycles. The van der Waals surface area contributed by atoms with Crippen LogP contribution in [0.1, 0.15) is 17.4 Å². The van der Waals surface area contributed by atoms with Crippen molar-refractivity contribution in [3.8, 4) is 0 Å². The number of aromatic amines is 1. The zero-order chi connectivity index (χ0) is 9.97. The fraction of sp³-hybridized carbons (Fsp3) is 0.286. The van der Waals surface area contributed by atoms with Crippen molar-refractivity contribution >= 4 is 0 Å². The van der Waals surface area contributed by atoms with Crippen molar-refractivity contribution in [2.45, 2.75) is 6.04 Å². The molecule has 0 aliphatic carbocycles. The maximum absolute atomic E-state index is 5.45. The smallest absolute Gasteiger partial charge is 0.149 e. The quantitative estimate of drug-likeness (QED) is 0.433. The number of nitrogens with two attached hydrogens (primary N) is 1. The maximum Gasteiger partial charge on any atom is 0.149 e. The Morgan fingerprint density at radius 1 is 1.64 bits per heavy atom. The molecule has 0 aliphatic rings. The van der Waals surface area contributed by atoms with Crippen molar-refractivity contribution < 1.29 is 0 Å². The Bertz CT molecular complexity index is 390. The lowest BCUT2D eigenvalue weighted by atomic mass is 10.1. The van der Waals surface area contributed by atoms with E-state index in [0.717, 1.165) is 11.4 Å². The normalized spacial score (nSPS) is 13.0. The first kappa shape index (κ1) is 8.85. The third-order valence-corrected chi connectivity index (χ3v) is 2.02. The minimum atomic E-state index is -0.193. The molecule has 4 N–H and O–H groups in total. The van der Waals surface area contributed by atoms with E-state index in [9.17, 15) is 0 Å². The summed E-state index contributed by atoms with van der Waals surface area (Å²) >= 11 is 0. The molecule has 1 atom stereocenters. The summed E-state index contributed by atoms with van der Waals surface area (Å²) in [6.07, 6.45) is 4.94. The first-order chi connectivity index (χ1) is 6.83. The van der Waals surface area contributed by atoms with E-state index < -0.39 is 0 Å². The highest BCUT2D eigenvalue weighted by Crippen LogP contribution is 2.16. The van der Waals surface area contributed by atoms with E-state index in [-0.39, 0.29) is 6.04 Å². The second-order valence-corrected chi connectivity index (χ2v) is 2.87. The number of H-pyrrole nitrogens is 1. The van der Waals surface area contributed by atoms with Gasteiger partial charge in [-0.1, -0.05) is 0 Å². The van der Waals surface area contributed by atoms with E-state index in [4.69, 9.17) is 5.84 Å². The van der Waals surface area contributed by atoms with Gasteiger partial charge >= 0.3 is 0 Å². The molecule has 0 spiro atoms. The van der Waals surface area contributed by atoms with Crippen LogP contribution in [0.2, 0.25) is 0 Å². The molecule has 0 radical (unpaired) electrons. The Morgan fingerprint density at radius 3 is 3.00 bits per heavy atom. The summed E-state index contributed by atoms with van der Waals surface area (Å²) < 4.78 is 1.66. The Balaban J connectivity index is 2.36. The van der Waals surface area contributed by atoms with Gasteiger partial charge in [0, 0.05) is 18.8 Å². The van der Waals surface area contributed by atoms with Crippen LogP contribution in [0.4, 0.5) is 0 Å². The summed E-state index contributed by atoms with van der Waals surface area (Å²) in [6.45, 7) is 0. The van der Waals surface area contributed by atoms with Gasteiger partial charge in [0.25, 0.3) is 0 Å². The van der Waals surface area contributed by atoms with E-state index in [1.54, 1.807) is 17.1 Å². The van der Waals surface area contributed by atoms with Crippen LogP contribution in [0, 0.1) is 0 Å². The molecule has 0 fully saturated rings. The fourth-order valence-corrected chi connectivity index (χ4v) is 1.31. The van der Waals surface area contributed by atoms with Gasteiger partial charge < -0.3 is 0 Å². The lowest BCUT2D eigenvalue weighted by Gasteiger charge is -2.12. The molecule has 2 aromatic rings. The van der Waals surface area contributed by atoms with E-state index in [1.807, 2.05) is 7.05 Å². The highest BCUT2D eigenvalue weighted by Gasteiger charge is 2.17. The average molecular weight is 193 g/mol. The van der Waals surface area contributed by atoms with Crippen LogP contribution >= 0.6 is 0 Å². The molecule has 1 unspecified atom stereocenters. The third-order valence-electron chi connectivity index (χ3n) is 2.02. The molecule has 14 heavy (non-hydrogen) atoms. The molecule has 0 bridgehead atoms. The van der Waals surface area contributed by atoms with Crippen molar-refractivity contribution in [2.75, 3.05) is 0 Å². The lowest BCUT2D eigenvalue weighted by molar-refractivity contribution is 0.561. The minimum Gasteiger partial charge on any atom is -0.285 e. The van der Waals surface area contributed by atoms with E-state index in [2.05, 4.69) is 25.7 Å². The van der Waals surface area contributed by atoms with E-state index in [0.29, 0.717) is 0 Å². The standard InChI is InChI=1S/C7H11N7/c1-14-7(9-4-12-14)6(13-8)5-2-10-11-3-5/h2-4,6,13H,8H2,1H3,(H,10,11). The molecule has 2 rings (SSSR count). The molecular formula is C7H11N7. The number of hydrogen-bond acceptors (Lipinski definition) is 5. The number of hydrazine groups is 1. The summed E-state index contributed by atoms with van der Waals surface area (Å²) in [7, 11) is 1.81. The zero-order valence-corrected chi connectivity index (χ0v) is 7.68. The topological polar surface area (TPSA) is 97.4 Å². The Morgan fingerprint density at radius 2 is 2.50 bits per heavy atom. The summed E-state index contributed by atoms with van der Waals surface area (Å²) in [4.78, 5) is 4.11. The largest absolute Gasteiger partial charge is 0.285 e. The summed E-state index contributed by atoms with van der Waals surface area (Å²) in [5.74, 6) is 6.20. The van der Waals surface area contributed by atoms with Gasteiger partial charge in [-0.2, -0.15) is 10.2 Å². The minimum absolute atomic E-state index is 0.193. The maximum atomic E-state index is 5.45. The number of aryl methyl sites for hydroxylation is 1. The molecule has 0 saturated heterocycles.